The van der Waals surface area contributed by atoms with Gasteiger partial charge >= 0.3 is 5.69 Å². The Hall–Kier alpha value is -4.71. The molecule has 0 aliphatic carbocycles. The molecule has 0 aliphatic heterocycles. The van der Waals surface area contributed by atoms with E-state index in [4.69, 9.17) is 21.7 Å². The fraction of sp³-hybridized carbons (Fsp3) is 0.0870. The van der Waals surface area contributed by atoms with E-state index in [0.29, 0.717) is 22.9 Å². The third-order valence-corrected chi connectivity index (χ3v) is 5.42. The molecule has 0 fully saturated rings. The maximum Gasteiger partial charge on any atom is 0.325 e. The first-order chi connectivity index (χ1) is 16.9. The van der Waals surface area contributed by atoms with Gasteiger partial charge in [0.05, 0.1) is 25.6 Å². The average Bonchev–Trinajstić information content (AvgIpc) is 2.85. The van der Waals surface area contributed by atoms with Crippen LogP contribution in [-0.4, -0.2) is 44.6 Å². The molecule has 2 aromatic carbocycles. The minimum absolute atomic E-state index is 0.0689. The molecule has 2 aromatic heterocycles. The molecule has 3 N–H and O–H groups in total. The molecule has 4 aromatic rings. The van der Waals surface area contributed by atoms with E-state index >= 15 is 0 Å². The van der Waals surface area contributed by atoms with E-state index in [1.165, 1.54) is 23.4 Å². The van der Waals surface area contributed by atoms with E-state index in [-0.39, 0.29) is 16.0 Å². The highest BCUT2D eigenvalue weighted by molar-refractivity contribution is 7.71. The number of aromatic hydroxyl groups is 1. The topological polar surface area (TPSA) is 144 Å². The zero-order chi connectivity index (χ0) is 25.1. The van der Waals surface area contributed by atoms with Gasteiger partial charge in [0.2, 0.25) is 5.88 Å². The van der Waals surface area contributed by atoms with Gasteiger partial charge in [-0.15, -0.1) is 0 Å². The largest absolute Gasteiger partial charge is 0.495 e. The standard InChI is InChI=1S/C23H19N5O6S/c1-33-17-9-5-3-7-15(17)27-20(30)13(11-24-14-12-25-22(32)26-19(14)29)21(31)28(23(27)35)16-8-4-6-10-18(16)34-2/h3-12,30H,1-2H3,(H2,25,26,29,32). The highest BCUT2D eigenvalue weighted by atomic mass is 32.1. The van der Waals surface area contributed by atoms with Gasteiger partial charge in [0.1, 0.15) is 22.7 Å². The Morgan fingerprint density at radius 1 is 0.943 bits per heavy atom. The number of aromatic amines is 2. The molecule has 0 atom stereocenters. The number of rotatable bonds is 6. The molecule has 0 saturated carbocycles. The molecular formula is C23H19N5O6S. The lowest BCUT2D eigenvalue weighted by Gasteiger charge is -2.19. The van der Waals surface area contributed by atoms with Crippen LogP contribution in [0.25, 0.3) is 11.4 Å². The Morgan fingerprint density at radius 3 is 2.09 bits per heavy atom. The van der Waals surface area contributed by atoms with Crippen LogP contribution in [0.2, 0.25) is 0 Å². The predicted octanol–water partition coefficient (Wildman–Crippen LogP) is 2.21. The fourth-order valence-electron chi connectivity index (χ4n) is 3.42. The molecule has 4 rings (SSSR count). The Bertz CT molecular complexity index is 1680. The highest BCUT2D eigenvalue weighted by Crippen LogP contribution is 2.30. The quantitative estimate of drug-likeness (QED) is 0.276. The van der Waals surface area contributed by atoms with Crippen molar-refractivity contribution in [3.63, 3.8) is 0 Å². The average molecular weight is 494 g/mol. The second-order valence-electron chi connectivity index (χ2n) is 7.05. The van der Waals surface area contributed by atoms with Gasteiger partial charge in [0.15, 0.2) is 4.77 Å². The van der Waals surface area contributed by atoms with Crippen LogP contribution in [0.4, 0.5) is 5.69 Å². The Morgan fingerprint density at radius 2 is 1.51 bits per heavy atom. The van der Waals surface area contributed by atoms with Crippen molar-refractivity contribution in [1.82, 2.24) is 19.1 Å². The minimum atomic E-state index is -0.771. The van der Waals surface area contributed by atoms with E-state index in [1.807, 2.05) is 4.98 Å². The van der Waals surface area contributed by atoms with E-state index in [9.17, 15) is 19.5 Å². The summed E-state index contributed by atoms with van der Waals surface area (Å²) in [6.07, 6.45) is 2.11. The van der Waals surface area contributed by atoms with Crippen molar-refractivity contribution in [2.24, 2.45) is 4.99 Å². The van der Waals surface area contributed by atoms with Gasteiger partial charge in [0.25, 0.3) is 11.1 Å². The molecule has 0 aliphatic rings. The summed E-state index contributed by atoms with van der Waals surface area (Å²) in [5.74, 6) is 0.210. The molecule has 0 saturated heterocycles. The van der Waals surface area contributed by atoms with Crippen molar-refractivity contribution in [1.29, 1.82) is 0 Å². The molecule has 0 bridgehead atoms. The fourth-order valence-corrected chi connectivity index (χ4v) is 3.78. The number of benzene rings is 2. The van der Waals surface area contributed by atoms with Gasteiger partial charge in [-0.25, -0.2) is 14.4 Å². The third-order valence-electron chi connectivity index (χ3n) is 5.05. The first-order valence-electron chi connectivity index (χ1n) is 10.1. The number of hydrogen-bond acceptors (Lipinski definition) is 8. The maximum atomic E-state index is 13.6. The van der Waals surface area contributed by atoms with Crippen LogP contribution in [0.5, 0.6) is 17.4 Å². The number of ether oxygens (including phenoxy) is 2. The van der Waals surface area contributed by atoms with Gasteiger partial charge in [0, 0.05) is 12.4 Å². The minimum Gasteiger partial charge on any atom is -0.495 e. The second kappa shape index (κ2) is 9.65. The number of nitrogens with one attached hydrogen (secondary N) is 2. The molecule has 0 spiro atoms. The number of H-pyrrole nitrogens is 2. The molecule has 11 nitrogen and oxygen atoms in total. The van der Waals surface area contributed by atoms with E-state index in [1.54, 1.807) is 48.5 Å². The number of aliphatic imine (C=N–C) groups is 1. The van der Waals surface area contributed by atoms with Gasteiger partial charge in [-0.05, 0) is 36.5 Å². The lowest BCUT2D eigenvalue weighted by Crippen LogP contribution is -2.27. The molecule has 0 unspecified atom stereocenters. The van der Waals surface area contributed by atoms with Crippen LogP contribution in [0.3, 0.4) is 0 Å². The van der Waals surface area contributed by atoms with E-state index in [0.717, 1.165) is 12.4 Å². The molecule has 2 heterocycles. The zero-order valence-corrected chi connectivity index (χ0v) is 19.3. The van der Waals surface area contributed by atoms with Crippen molar-refractivity contribution in [2.75, 3.05) is 14.2 Å². The van der Waals surface area contributed by atoms with Crippen LogP contribution in [0.1, 0.15) is 5.56 Å². The summed E-state index contributed by atoms with van der Waals surface area (Å²) < 4.78 is 13.2. The van der Waals surface area contributed by atoms with E-state index < -0.39 is 22.7 Å². The molecule has 0 radical (unpaired) electrons. The van der Waals surface area contributed by atoms with Gasteiger partial charge in [-0.3, -0.25) is 19.1 Å². The zero-order valence-electron chi connectivity index (χ0n) is 18.5. The van der Waals surface area contributed by atoms with Gasteiger partial charge < -0.3 is 19.6 Å². The number of nitrogens with zero attached hydrogens (tertiary/aromatic N) is 3. The van der Waals surface area contributed by atoms with Crippen molar-refractivity contribution in [3.05, 3.63) is 96.3 Å². The SMILES string of the molecule is COc1ccccc1-n1c(O)c(C=Nc2c[nH]c(=O)[nH]c2=O)c(=O)n(-c2ccccc2OC)c1=S. The van der Waals surface area contributed by atoms with Crippen molar-refractivity contribution >= 4 is 24.1 Å². The lowest BCUT2D eigenvalue weighted by atomic mass is 10.2. The van der Waals surface area contributed by atoms with Crippen molar-refractivity contribution in [2.45, 2.75) is 0 Å². The van der Waals surface area contributed by atoms with Crippen molar-refractivity contribution < 1.29 is 14.6 Å². The first-order valence-corrected chi connectivity index (χ1v) is 10.5. The lowest BCUT2D eigenvalue weighted by molar-refractivity contribution is 0.400. The molecule has 35 heavy (non-hydrogen) atoms. The van der Waals surface area contributed by atoms with Crippen molar-refractivity contribution in [3.8, 4) is 28.8 Å². The Kier molecular flexibility index (Phi) is 6.46. The van der Waals surface area contributed by atoms with E-state index in [2.05, 4.69) is 9.98 Å². The molecule has 12 heteroatoms. The second-order valence-corrected chi connectivity index (χ2v) is 7.42. The van der Waals surface area contributed by atoms with Crippen LogP contribution in [0, 0.1) is 4.77 Å². The number of para-hydroxylation sites is 4. The van der Waals surface area contributed by atoms with Crippen LogP contribution >= 0.6 is 12.2 Å². The molecule has 0 amide bonds. The summed E-state index contributed by atoms with van der Waals surface area (Å²) >= 11 is 5.63. The monoisotopic (exact) mass is 493 g/mol. The normalized spacial score (nSPS) is 11.0. The highest BCUT2D eigenvalue weighted by Gasteiger charge is 2.21. The summed E-state index contributed by atoms with van der Waals surface area (Å²) in [4.78, 5) is 45.2. The Labute approximate surface area is 202 Å². The van der Waals surface area contributed by atoms with Gasteiger partial charge in [-0.1, -0.05) is 24.3 Å². The first kappa shape index (κ1) is 23.4. The summed E-state index contributed by atoms with van der Waals surface area (Å²) in [6, 6.07) is 13.5. The van der Waals surface area contributed by atoms with Gasteiger partial charge in [-0.2, -0.15) is 0 Å². The van der Waals surface area contributed by atoms with Crippen LogP contribution < -0.4 is 26.3 Å². The number of aromatic nitrogens is 4. The Balaban J connectivity index is 2.09. The summed E-state index contributed by atoms with van der Waals surface area (Å²) in [6.45, 7) is 0. The predicted molar refractivity (Wildman–Crippen MR) is 132 cm³/mol. The molecule has 178 valence electrons. The maximum absolute atomic E-state index is 13.6. The molecular weight excluding hydrogens is 474 g/mol. The number of methoxy groups -OCH3 is 2. The van der Waals surface area contributed by atoms with Crippen LogP contribution in [0.15, 0.2) is 74.1 Å². The summed E-state index contributed by atoms with van der Waals surface area (Å²) in [5.41, 5.74) is -1.97. The number of hydrogen-bond donors (Lipinski definition) is 3. The summed E-state index contributed by atoms with van der Waals surface area (Å²) in [5, 5.41) is 11.2. The third kappa shape index (κ3) is 4.29. The summed E-state index contributed by atoms with van der Waals surface area (Å²) in [7, 11) is 2.91. The van der Waals surface area contributed by atoms with Crippen LogP contribution in [-0.2, 0) is 0 Å². The smallest absolute Gasteiger partial charge is 0.325 e.